The van der Waals surface area contributed by atoms with Gasteiger partial charge in [-0.3, -0.25) is 0 Å². The van der Waals surface area contributed by atoms with E-state index in [-0.39, 0.29) is 9.84 Å². The molecular formula is H4N2Si2. The maximum Gasteiger partial charge on any atom is 0.231 e. The molecule has 0 atom stereocenters. The van der Waals surface area contributed by atoms with Crippen LogP contribution in [0.15, 0.2) is 4.30 Å². The van der Waals surface area contributed by atoms with Crippen molar-refractivity contribution in [2.75, 3.05) is 0 Å². The molecule has 0 aromatic rings. The average Bonchev–Trinajstić information content (AvgIpc) is 0.722. The first-order chi connectivity index (χ1) is 2.00. The summed E-state index contributed by atoms with van der Waals surface area (Å²) in [6.45, 7) is 0. The number of nitrogens with one attached hydrogen (secondary N) is 1. The topological polar surface area (TPSA) is 24.4 Å². The van der Waals surface area contributed by atoms with Gasteiger partial charge < -0.3 is 8.95 Å². The van der Waals surface area contributed by atoms with E-state index in [0.717, 1.165) is 0 Å². The highest BCUT2D eigenvalue weighted by Gasteiger charge is 1.81. The third-order valence-electron chi connectivity index (χ3n) is 0.365. The molecule has 0 spiro atoms. The summed E-state index contributed by atoms with van der Waals surface area (Å²) in [7, 11) is 0.417. The molecule has 1 aliphatic heterocycles. The van der Waals surface area contributed by atoms with Crippen LogP contribution < -0.4 is 4.65 Å². The van der Waals surface area contributed by atoms with Gasteiger partial charge in [0.2, 0.25) is 19.3 Å². The van der Waals surface area contributed by atoms with E-state index in [4.69, 9.17) is 0 Å². The summed E-state index contributed by atoms with van der Waals surface area (Å²) in [5.41, 5.74) is 0. The van der Waals surface area contributed by atoms with Gasteiger partial charge in [-0.15, -0.1) is 0 Å². The van der Waals surface area contributed by atoms with E-state index in [1.165, 1.54) is 0 Å². The van der Waals surface area contributed by atoms with Gasteiger partial charge in [0.1, 0.15) is 0 Å². The molecule has 0 saturated heterocycles. The fourth-order valence-corrected chi connectivity index (χ4v) is 0.822. The first kappa shape index (κ1) is 2.28. The van der Waals surface area contributed by atoms with Crippen molar-refractivity contribution in [2.45, 2.75) is 0 Å². The summed E-state index contributed by atoms with van der Waals surface area (Å²) in [5.74, 6) is 0. The highest BCUT2D eigenvalue weighted by molar-refractivity contribution is 6.57. The van der Waals surface area contributed by atoms with Crippen LogP contribution in [0.1, 0.15) is 0 Å². The number of hydrogen-bond donors (Lipinski definition) is 1. The third kappa shape index (κ3) is 0.134. The molecular weight excluding hydrogens is 84.2 g/mol. The van der Waals surface area contributed by atoms with Crippen LogP contribution in [0, 0.1) is 0 Å². The van der Waals surface area contributed by atoms with Crippen LogP contribution in [0.3, 0.4) is 0 Å². The predicted octanol–water partition coefficient (Wildman–Crippen LogP) is -1.88. The zero-order valence-electron chi connectivity index (χ0n) is 2.23. The zero-order valence-corrected chi connectivity index (χ0v) is 4.80. The van der Waals surface area contributed by atoms with Gasteiger partial charge in [0.05, 0.1) is 0 Å². The van der Waals surface area contributed by atoms with E-state index < -0.39 is 0 Å². The average molecular weight is 88.2 g/mol. The molecule has 1 aliphatic rings. The van der Waals surface area contributed by atoms with Crippen LogP contribution in [0.4, 0.5) is 0 Å². The molecule has 0 radical (unpaired) electrons. The molecule has 1 N–H and O–H groups in total. The van der Waals surface area contributed by atoms with Gasteiger partial charge in [0, 0.05) is 0 Å². The molecule has 0 amide bonds. The smallest absolute Gasteiger partial charge is 0.231 e. The van der Waals surface area contributed by atoms with Crippen molar-refractivity contribution in [3.63, 3.8) is 0 Å². The Balaban J connectivity index is 2.47. The van der Waals surface area contributed by atoms with Crippen LogP contribution in [0.25, 0.3) is 0 Å². The summed E-state index contributed by atoms with van der Waals surface area (Å²) >= 11 is 0. The summed E-state index contributed by atoms with van der Waals surface area (Å²) in [6, 6.07) is 0. The van der Waals surface area contributed by atoms with Gasteiger partial charge in [-0.05, 0) is 0 Å². The van der Waals surface area contributed by atoms with Gasteiger partial charge in [-0.2, -0.15) is 0 Å². The Hall–Kier alpha value is 0.0338. The number of hydrogen-bond acceptors (Lipinski definition) is 2. The van der Waals surface area contributed by atoms with E-state index in [2.05, 4.69) is 8.95 Å². The molecule has 1 rings (SSSR count). The van der Waals surface area contributed by atoms with E-state index >= 15 is 0 Å². The highest BCUT2D eigenvalue weighted by atomic mass is 28.3. The Labute approximate surface area is 29.2 Å². The lowest BCUT2D eigenvalue weighted by atomic mass is 13.8. The van der Waals surface area contributed by atoms with E-state index in [1.54, 1.807) is 0 Å². The zero-order chi connectivity index (χ0) is 2.83. The van der Waals surface area contributed by atoms with Gasteiger partial charge in [0.25, 0.3) is 0 Å². The van der Waals surface area contributed by atoms with Crippen molar-refractivity contribution >= 4 is 19.3 Å². The van der Waals surface area contributed by atoms with Gasteiger partial charge >= 0.3 is 0 Å². The van der Waals surface area contributed by atoms with Crippen molar-refractivity contribution < 1.29 is 0 Å². The molecule has 0 unspecified atom stereocenters. The van der Waals surface area contributed by atoms with E-state index in [1.807, 2.05) is 0 Å². The fraction of sp³-hybridized carbons (Fsp3) is 0. The fourth-order valence-electron chi connectivity index (χ4n) is 0.0913. The molecule has 0 aliphatic carbocycles. The number of rotatable bonds is 0. The summed E-state index contributed by atoms with van der Waals surface area (Å²) in [5, 5.41) is 0. The lowest BCUT2D eigenvalue weighted by Crippen LogP contribution is -2.27. The van der Waals surface area contributed by atoms with Gasteiger partial charge in [0.15, 0.2) is 0 Å². The molecule has 0 fully saturated rings. The van der Waals surface area contributed by atoms with E-state index in [0.29, 0.717) is 9.47 Å². The van der Waals surface area contributed by atoms with Crippen molar-refractivity contribution in [1.29, 1.82) is 0 Å². The maximum absolute atomic E-state index is 4.03. The standard InChI is InChI=1S/H4N2Si2/c1-3-2-4-1/h1,3H,4H2. The van der Waals surface area contributed by atoms with Crippen LogP contribution >= 0.6 is 0 Å². The predicted molar refractivity (Wildman–Crippen MR) is 21.3 cm³/mol. The van der Waals surface area contributed by atoms with Crippen LogP contribution in [0.2, 0.25) is 0 Å². The first-order valence-electron chi connectivity index (χ1n) is 1.22. The summed E-state index contributed by atoms with van der Waals surface area (Å²) in [6.07, 6.45) is 0. The minimum absolute atomic E-state index is 0.0170. The SMILES string of the molecule is N1=[SiH]N[SiH2]1. The highest BCUT2D eigenvalue weighted by Crippen LogP contribution is 1.57. The van der Waals surface area contributed by atoms with E-state index in [9.17, 15) is 0 Å². The van der Waals surface area contributed by atoms with Crippen LogP contribution in [-0.4, -0.2) is 19.3 Å². The quantitative estimate of drug-likeness (QED) is 0.344. The molecule has 0 bridgehead atoms. The van der Waals surface area contributed by atoms with Crippen LogP contribution in [-0.2, 0) is 0 Å². The molecule has 4 heavy (non-hydrogen) atoms. The Morgan fingerprint density at radius 1 is 2.00 bits per heavy atom. The molecule has 4 heteroatoms. The Morgan fingerprint density at radius 2 is 2.25 bits per heavy atom. The maximum atomic E-state index is 4.03. The first-order valence-corrected chi connectivity index (χ1v) is 3.65. The van der Waals surface area contributed by atoms with Crippen molar-refractivity contribution in [1.82, 2.24) is 4.65 Å². The lowest BCUT2D eigenvalue weighted by molar-refractivity contribution is 1.46. The summed E-state index contributed by atoms with van der Waals surface area (Å²) in [4.78, 5) is 0. The van der Waals surface area contributed by atoms with Gasteiger partial charge in [-0.1, -0.05) is 0 Å². The Bertz CT molecular complexity index is 33.3. The second kappa shape index (κ2) is 0.771. The molecule has 0 aromatic carbocycles. The Kier molecular flexibility index (Phi) is 0.440. The summed E-state index contributed by atoms with van der Waals surface area (Å²) < 4.78 is 7.19. The molecule has 22 valence electrons. The normalized spacial score (nSPS) is 24.0. The second-order valence-electron chi connectivity index (χ2n) is 0.674. The minimum atomic E-state index is 0.0170. The Morgan fingerprint density at radius 3 is 2.25 bits per heavy atom. The van der Waals surface area contributed by atoms with Crippen molar-refractivity contribution in [3.8, 4) is 0 Å². The van der Waals surface area contributed by atoms with Crippen molar-refractivity contribution in [2.24, 2.45) is 4.30 Å². The minimum Gasteiger partial charge on any atom is -0.424 e. The largest absolute Gasteiger partial charge is 0.424 e. The van der Waals surface area contributed by atoms with Crippen LogP contribution in [0.5, 0.6) is 0 Å². The molecule has 1 heterocycles. The van der Waals surface area contributed by atoms with Gasteiger partial charge in [-0.25, -0.2) is 0 Å². The van der Waals surface area contributed by atoms with Crippen molar-refractivity contribution in [3.05, 3.63) is 0 Å². The molecule has 2 nitrogen and oxygen atoms in total. The monoisotopic (exact) mass is 88.0 g/mol. The number of nitrogens with zero attached hydrogens (tertiary/aromatic N) is 1. The second-order valence-corrected chi connectivity index (χ2v) is 4.34. The molecule has 0 saturated carbocycles. The lowest BCUT2D eigenvalue weighted by Gasteiger charge is -1.97. The third-order valence-corrected chi connectivity index (χ3v) is 3.29. The molecule has 0 aromatic heterocycles.